The van der Waals surface area contributed by atoms with Gasteiger partial charge in [0.05, 0.1) is 70.0 Å². The maximum Gasteiger partial charge on any atom is 0.282 e. The van der Waals surface area contributed by atoms with Crippen LogP contribution in [0.3, 0.4) is 0 Å². The fourth-order valence-corrected chi connectivity index (χ4v) is 6.75. The minimum Gasteiger partial charge on any atom is -0.748 e. The molecule has 1 aromatic heterocycles. The molecule has 0 saturated carbocycles. The summed E-state index contributed by atoms with van der Waals surface area (Å²) in [6.45, 7) is 8.22. The SMILES string of the molecule is CCN1/C(=C\C=C\c2n(CC)c3cc(Cl)c(Cl)cc3[n+]2CCC(C)S(=O)(=O)[O-])N(CCC(C)S(=O)(=O)[O-])c2cc(Cl)c(Cl)cc21. The van der Waals surface area contributed by atoms with Crippen LogP contribution < -0.4 is 14.4 Å². The number of hydrogen-bond acceptors (Lipinski definition) is 8. The highest BCUT2D eigenvalue weighted by atomic mass is 35.5. The predicted molar refractivity (Wildman–Crippen MR) is 179 cm³/mol. The summed E-state index contributed by atoms with van der Waals surface area (Å²) in [7, 11) is -8.96. The number of nitrogens with zero attached hydrogens (tertiary/aromatic N) is 4. The Morgan fingerprint density at radius 3 is 1.89 bits per heavy atom. The molecule has 2 aromatic carbocycles. The molecular formula is C29H33Cl4N4O6S2-. The summed E-state index contributed by atoms with van der Waals surface area (Å²) in [6.07, 6.45) is 5.69. The number of fused-ring (bicyclic) bond motifs is 2. The summed E-state index contributed by atoms with van der Waals surface area (Å²) in [5.41, 5.74) is 2.99. The minimum absolute atomic E-state index is 0.0799. The Labute approximate surface area is 283 Å². The number of rotatable bonds is 12. The monoisotopic (exact) mass is 737 g/mol. The molecule has 1 aliphatic heterocycles. The third-order valence-corrected chi connectivity index (χ3v) is 11.8. The molecule has 246 valence electrons. The molecule has 0 radical (unpaired) electrons. The summed E-state index contributed by atoms with van der Waals surface area (Å²) in [6, 6.07) is 6.92. The topological polar surface area (TPSA) is 130 Å². The van der Waals surface area contributed by atoms with Gasteiger partial charge >= 0.3 is 0 Å². The van der Waals surface area contributed by atoms with Crippen molar-refractivity contribution in [1.82, 2.24) is 4.57 Å². The first-order chi connectivity index (χ1) is 21.0. The fraction of sp³-hybridized carbons (Fsp3) is 0.414. The van der Waals surface area contributed by atoms with Crippen molar-refractivity contribution in [3.63, 3.8) is 0 Å². The number of aromatic nitrogens is 2. The molecule has 2 heterocycles. The lowest BCUT2D eigenvalue weighted by molar-refractivity contribution is -0.674. The molecule has 1 aliphatic rings. The smallest absolute Gasteiger partial charge is 0.282 e. The Morgan fingerprint density at radius 1 is 0.800 bits per heavy atom. The molecule has 0 amide bonds. The summed E-state index contributed by atoms with van der Waals surface area (Å²) in [5, 5.41) is -0.817. The lowest BCUT2D eigenvalue weighted by atomic mass is 10.2. The highest BCUT2D eigenvalue weighted by Crippen LogP contribution is 2.45. The largest absolute Gasteiger partial charge is 0.748 e. The van der Waals surface area contributed by atoms with Crippen molar-refractivity contribution < 1.29 is 30.5 Å². The molecule has 0 aliphatic carbocycles. The number of benzene rings is 2. The lowest BCUT2D eigenvalue weighted by Gasteiger charge is -2.26. The Kier molecular flexibility index (Phi) is 11.1. The molecule has 16 heteroatoms. The van der Waals surface area contributed by atoms with Gasteiger partial charge in [0, 0.05) is 43.0 Å². The number of halogens is 4. The zero-order valence-electron chi connectivity index (χ0n) is 25.0. The maximum absolute atomic E-state index is 11.6. The van der Waals surface area contributed by atoms with Gasteiger partial charge in [-0.15, -0.1) is 0 Å². The molecule has 0 fully saturated rings. The number of imidazole rings is 1. The van der Waals surface area contributed by atoms with Gasteiger partial charge in [-0.2, -0.15) is 0 Å². The Balaban J connectivity index is 1.83. The van der Waals surface area contributed by atoms with Crippen LogP contribution in [0.4, 0.5) is 11.4 Å². The van der Waals surface area contributed by atoms with Crippen molar-refractivity contribution >= 4 is 95.1 Å². The van der Waals surface area contributed by atoms with E-state index in [9.17, 15) is 25.9 Å². The van der Waals surface area contributed by atoms with Crippen molar-refractivity contribution in [2.75, 3.05) is 22.9 Å². The molecule has 0 spiro atoms. The van der Waals surface area contributed by atoms with Crippen LogP contribution in [0.5, 0.6) is 0 Å². The quantitative estimate of drug-likeness (QED) is 0.154. The van der Waals surface area contributed by atoms with Crippen LogP contribution in [0.1, 0.15) is 46.4 Å². The molecule has 45 heavy (non-hydrogen) atoms. The lowest BCUT2D eigenvalue weighted by Crippen LogP contribution is -2.38. The van der Waals surface area contributed by atoms with Gasteiger partial charge in [0.15, 0.2) is 11.0 Å². The summed E-state index contributed by atoms with van der Waals surface area (Å²) in [5.74, 6) is 1.42. The maximum atomic E-state index is 11.6. The van der Waals surface area contributed by atoms with Crippen LogP contribution in [0, 0.1) is 0 Å². The minimum atomic E-state index is -4.48. The predicted octanol–water partition coefficient (Wildman–Crippen LogP) is 6.41. The van der Waals surface area contributed by atoms with E-state index in [0.29, 0.717) is 44.8 Å². The van der Waals surface area contributed by atoms with E-state index in [-0.39, 0.29) is 25.9 Å². The van der Waals surface area contributed by atoms with Crippen molar-refractivity contribution in [3.05, 3.63) is 68.2 Å². The average molecular weight is 740 g/mol. The van der Waals surface area contributed by atoms with E-state index in [1.165, 1.54) is 13.8 Å². The Morgan fingerprint density at radius 2 is 1.33 bits per heavy atom. The molecule has 4 rings (SSSR count). The van der Waals surface area contributed by atoms with Crippen LogP contribution in [-0.2, 0) is 33.3 Å². The van der Waals surface area contributed by atoms with E-state index >= 15 is 0 Å². The van der Waals surface area contributed by atoms with E-state index in [1.54, 1.807) is 24.3 Å². The van der Waals surface area contributed by atoms with Gasteiger partial charge in [0.25, 0.3) is 5.82 Å². The van der Waals surface area contributed by atoms with Gasteiger partial charge in [-0.3, -0.25) is 0 Å². The van der Waals surface area contributed by atoms with Gasteiger partial charge in [-0.25, -0.2) is 26.0 Å². The zero-order valence-corrected chi connectivity index (χ0v) is 29.7. The first-order valence-corrected chi connectivity index (χ1v) is 18.7. The van der Waals surface area contributed by atoms with Gasteiger partial charge < -0.3 is 18.9 Å². The number of anilines is 2. The zero-order chi connectivity index (χ0) is 33.4. The third kappa shape index (κ3) is 7.59. The van der Waals surface area contributed by atoms with Gasteiger partial charge in [-0.1, -0.05) is 52.5 Å². The second kappa shape index (κ2) is 14.0. The molecule has 0 bridgehead atoms. The van der Waals surface area contributed by atoms with Crippen molar-refractivity contribution in [2.24, 2.45) is 0 Å². The normalized spacial score (nSPS) is 16.4. The molecule has 0 N–H and O–H groups in total. The first-order valence-electron chi connectivity index (χ1n) is 14.2. The molecular weight excluding hydrogens is 706 g/mol. The van der Waals surface area contributed by atoms with Crippen LogP contribution in [0.15, 0.2) is 42.2 Å². The van der Waals surface area contributed by atoms with Crippen LogP contribution in [-0.4, -0.2) is 54.1 Å². The molecule has 2 atom stereocenters. The van der Waals surface area contributed by atoms with E-state index in [0.717, 1.165) is 22.4 Å². The molecule has 2 unspecified atom stereocenters. The first kappa shape index (κ1) is 35.8. The Bertz CT molecular complexity index is 1890. The number of aryl methyl sites for hydroxylation is 2. The van der Waals surface area contributed by atoms with E-state index in [1.807, 2.05) is 51.0 Å². The van der Waals surface area contributed by atoms with Crippen LogP contribution in [0.2, 0.25) is 20.1 Å². The van der Waals surface area contributed by atoms with E-state index in [2.05, 4.69) is 0 Å². The van der Waals surface area contributed by atoms with E-state index < -0.39 is 30.7 Å². The number of allylic oxidation sites excluding steroid dienone is 2. The summed E-state index contributed by atoms with van der Waals surface area (Å²) >= 11 is 25.5. The second-order valence-corrected chi connectivity index (χ2v) is 15.9. The molecule has 10 nitrogen and oxygen atoms in total. The summed E-state index contributed by atoms with van der Waals surface area (Å²) < 4.78 is 73.8. The Hall–Kier alpha value is -2.03. The van der Waals surface area contributed by atoms with E-state index in [4.69, 9.17) is 46.4 Å². The summed E-state index contributed by atoms with van der Waals surface area (Å²) in [4.78, 5) is 3.90. The number of hydrogen-bond donors (Lipinski definition) is 0. The molecule has 0 saturated heterocycles. The van der Waals surface area contributed by atoms with Crippen LogP contribution >= 0.6 is 46.4 Å². The van der Waals surface area contributed by atoms with Crippen LogP contribution in [0.25, 0.3) is 17.1 Å². The second-order valence-electron chi connectivity index (χ2n) is 10.7. The van der Waals surface area contributed by atoms with Crippen molar-refractivity contribution in [1.29, 1.82) is 0 Å². The average Bonchev–Trinajstić information content (AvgIpc) is 3.39. The highest BCUT2D eigenvalue weighted by Gasteiger charge is 2.32. The van der Waals surface area contributed by atoms with Crippen molar-refractivity contribution in [3.8, 4) is 0 Å². The third-order valence-electron chi connectivity index (χ3n) is 7.93. The van der Waals surface area contributed by atoms with Gasteiger partial charge in [0.1, 0.15) is 5.82 Å². The standard InChI is InChI=1S/C29H34Cl4N4O6S2/c1-5-34-24-14-20(30)22(32)16-26(24)36(12-10-18(3)44(38,39)40)28(34)8-7-9-29-35(6-2)25-15-21(31)23(33)17-27(25)37(29)13-11-19(4)45(41,42)43/h7-9,14-19H,5-6,10-13H2,1-4H3,(H-,38,39,40,41,42,43)/p-1. The molecule has 3 aromatic rings. The van der Waals surface area contributed by atoms with Gasteiger partial charge in [0.2, 0.25) is 0 Å². The van der Waals surface area contributed by atoms with Gasteiger partial charge in [-0.05, 0) is 52.3 Å². The van der Waals surface area contributed by atoms with Crippen molar-refractivity contribution in [2.45, 2.75) is 64.1 Å². The fourth-order valence-electron chi connectivity index (χ4n) is 5.33. The highest BCUT2D eigenvalue weighted by molar-refractivity contribution is 7.86.